The lowest BCUT2D eigenvalue weighted by Crippen LogP contribution is -2.34. The zero-order chi connectivity index (χ0) is 12.4. The van der Waals surface area contributed by atoms with Crippen LogP contribution in [0.4, 0.5) is 0 Å². The molecule has 2 atom stereocenters. The van der Waals surface area contributed by atoms with Gasteiger partial charge in [0.2, 0.25) is 17.7 Å². The molecular weight excluding hydrogens is 220 g/mol. The van der Waals surface area contributed by atoms with Crippen molar-refractivity contribution in [3.8, 4) is 0 Å². The van der Waals surface area contributed by atoms with Gasteiger partial charge in [-0.05, 0) is 12.8 Å². The fourth-order valence-corrected chi connectivity index (χ4v) is 2.79. The van der Waals surface area contributed by atoms with E-state index in [9.17, 15) is 14.4 Å². The minimum Gasteiger partial charge on any atom is -0.359 e. The Morgan fingerprint density at radius 1 is 1.24 bits per heavy atom. The summed E-state index contributed by atoms with van der Waals surface area (Å²) >= 11 is 0. The summed E-state index contributed by atoms with van der Waals surface area (Å²) < 4.78 is 0. The summed E-state index contributed by atoms with van der Waals surface area (Å²) in [5, 5.41) is 2.49. The van der Waals surface area contributed by atoms with Crippen molar-refractivity contribution in [3.63, 3.8) is 0 Å². The van der Waals surface area contributed by atoms with Crippen LogP contribution in [-0.2, 0) is 14.4 Å². The highest BCUT2D eigenvalue weighted by atomic mass is 16.2. The zero-order valence-electron chi connectivity index (χ0n) is 10.1. The van der Waals surface area contributed by atoms with Gasteiger partial charge in [0, 0.05) is 20.0 Å². The molecule has 0 aromatic heterocycles. The van der Waals surface area contributed by atoms with Gasteiger partial charge < -0.3 is 5.32 Å². The largest absolute Gasteiger partial charge is 0.359 e. The van der Waals surface area contributed by atoms with Crippen LogP contribution in [0.2, 0.25) is 0 Å². The minimum absolute atomic E-state index is 0.0661. The van der Waals surface area contributed by atoms with Crippen LogP contribution in [-0.4, -0.2) is 36.2 Å². The summed E-state index contributed by atoms with van der Waals surface area (Å²) in [5.74, 6) is -0.491. The van der Waals surface area contributed by atoms with Crippen molar-refractivity contribution < 1.29 is 14.4 Å². The SMILES string of the molecule is CNC(=O)CCN1C(=O)[C@@H]2CCCC[C@H]2C1=O. The van der Waals surface area contributed by atoms with Gasteiger partial charge in [-0.25, -0.2) is 0 Å². The van der Waals surface area contributed by atoms with Gasteiger partial charge in [0.1, 0.15) is 0 Å². The van der Waals surface area contributed by atoms with E-state index in [-0.39, 0.29) is 42.5 Å². The van der Waals surface area contributed by atoms with E-state index in [1.54, 1.807) is 7.05 Å². The number of amides is 3. The highest BCUT2D eigenvalue weighted by Crippen LogP contribution is 2.37. The van der Waals surface area contributed by atoms with E-state index in [1.807, 2.05) is 0 Å². The summed E-state index contributed by atoms with van der Waals surface area (Å²) in [5.41, 5.74) is 0. The number of imide groups is 1. The normalized spacial score (nSPS) is 28.2. The molecule has 2 rings (SSSR count). The number of hydrogen-bond donors (Lipinski definition) is 1. The third-order valence-electron chi connectivity index (χ3n) is 3.77. The molecule has 1 N–H and O–H groups in total. The maximum absolute atomic E-state index is 12.0. The van der Waals surface area contributed by atoms with Crippen LogP contribution in [0.3, 0.4) is 0 Å². The Morgan fingerprint density at radius 3 is 2.24 bits per heavy atom. The van der Waals surface area contributed by atoms with Crippen molar-refractivity contribution in [2.45, 2.75) is 32.1 Å². The van der Waals surface area contributed by atoms with E-state index < -0.39 is 0 Å². The number of carbonyl (C=O) groups is 3. The molecule has 2 aliphatic rings. The molecule has 0 radical (unpaired) electrons. The topological polar surface area (TPSA) is 66.5 Å². The number of rotatable bonds is 3. The van der Waals surface area contributed by atoms with E-state index >= 15 is 0 Å². The Balaban J connectivity index is 2.00. The molecule has 1 aliphatic heterocycles. The molecule has 1 aliphatic carbocycles. The van der Waals surface area contributed by atoms with Crippen molar-refractivity contribution in [3.05, 3.63) is 0 Å². The van der Waals surface area contributed by atoms with Crippen molar-refractivity contribution >= 4 is 17.7 Å². The molecule has 3 amide bonds. The zero-order valence-corrected chi connectivity index (χ0v) is 10.1. The molecule has 17 heavy (non-hydrogen) atoms. The van der Waals surface area contributed by atoms with Gasteiger partial charge in [0.05, 0.1) is 11.8 Å². The summed E-state index contributed by atoms with van der Waals surface area (Å²) in [6.07, 6.45) is 3.91. The maximum atomic E-state index is 12.0. The third kappa shape index (κ3) is 2.18. The average Bonchev–Trinajstić information content (AvgIpc) is 2.60. The molecule has 0 aromatic carbocycles. The van der Waals surface area contributed by atoms with Crippen LogP contribution in [0, 0.1) is 11.8 Å². The first-order valence-corrected chi connectivity index (χ1v) is 6.21. The van der Waals surface area contributed by atoms with E-state index in [0.29, 0.717) is 0 Å². The molecule has 1 heterocycles. The van der Waals surface area contributed by atoms with Gasteiger partial charge in [0.25, 0.3) is 0 Å². The van der Waals surface area contributed by atoms with Crippen molar-refractivity contribution in [1.82, 2.24) is 10.2 Å². The molecule has 0 spiro atoms. The van der Waals surface area contributed by atoms with Crippen LogP contribution in [0.15, 0.2) is 0 Å². The summed E-state index contributed by atoms with van der Waals surface area (Å²) in [6, 6.07) is 0. The lowest BCUT2D eigenvalue weighted by atomic mass is 9.81. The average molecular weight is 238 g/mol. The molecule has 0 aromatic rings. The van der Waals surface area contributed by atoms with Crippen molar-refractivity contribution in [1.29, 1.82) is 0 Å². The van der Waals surface area contributed by atoms with Crippen molar-refractivity contribution in [2.24, 2.45) is 11.8 Å². The van der Waals surface area contributed by atoms with Crippen molar-refractivity contribution in [2.75, 3.05) is 13.6 Å². The molecule has 1 saturated carbocycles. The third-order valence-corrected chi connectivity index (χ3v) is 3.77. The Hall–Kier alpha value is -1.39. The summed E-state index contributed by atoms with van der Waals surface area (Å²) in [4.78, 5) is 36.5. The number of fused-ring (bicyclic) bond motifs is 1. The Kier molecular flexibility index (Phi) is 3.45. The lowest BCUT2D eigenvalue weighted by molar-refractivity contribution is -0.140. The van der Waals surface area contributed by atoms with E-state index in [4.69, 9.17) is 0 Å². The molecule has 1 saturated heterocycles. The highest BCUT2D eigenvalue weighted by molar-refractivity contribution is 6.05. The number of nitrogens with zero attached hydrogens (tertiary/aromatic N) is 1. The molecule has 94 valence electrons. The van der Waals surface area contributed by atoms with Gasteiger partial charge in [-0.2, -0.15) is 0 Å². The number of carbonyl (C=O) groups excluding carboxylic acids is 3. The van der Waals surface area contributed by atoms with Gasteiger partial charge in [-0.3, -0.25) is 19.3 Å². The van der Waals surface area contributed by atoms with Gasteiger partial charge >= 0.3 is 0 Å². The van der Waals surface area contributed by atoms with Crippen LogP contribution in [0.25, 0.3) is 0 Å². The van der Waals surface area contributed by atoms with E-state index in [0.717, 1.165) is 25.7 Å². The monoisotopic (exact) mass is 238 g/mol. The Bertz CT molecular complexity index is 330. The molecule has 0 bridgehead atoms. The number of likely N-dealkylation sites (tertiary alicyclic amines) is 1. The van der Waals surface area contributed by atoms with Gasteiger partial charge in [-0.15, -0.1) is 0 Å². The van der Waals surface area contributed by atoms with Gasteiger partial charge in [-0.1, -0.05) is 12.8 Å². The smallest absolute Gasteiger partial charge is 0.233 e. The molecular formula is C12H18N2O3. The predicted molar refractivity (Wildman–Crippen MR) is 60.9 cm³/mol. The molecule has 5 heteroatoms. The second-order valence-electron chi connectivity index (χ2n) is 4.75. The van der Waals surface area contributed by atoms with Crippen LogP contribution < -0.4 is 5.32 Å². The Labute approximate surface area is 101 Å². The second-order valence-corrected chi connectivity index (χ2v) is 4.75. The highest BCUT2D eigenvalue weighted by Gasteiger charge is 2.47. The molecule has 0 unspecified atom stereocenters. The maximum Gasteiger partial charge on any atom is 0.233 e. The quantitative estimate of drug-likeness (QED) is 0.719. The predicted octanol–water partition coefficient (Wildman–Crippen LogP) is 0.298. The van der Waals surface area contributed by atoms with Gasteiger partial charge in [0.15, 0.2) is 0 Å². The first-order chi connectivity index (χ1) is 8.15. The first kappa shape index (κ1) is 12.1. The summed E-state index contributed by atoms with van der Waals surface area (Å²) in [7, 11) is 1.55. The molecule has 5 nitrogen and oxygen atoms in total. The number of nitrogens with one attached hydrogen (secondary N) is 1. The number of hydrogen-bond acceptors (Lipinski definition) is 3. The lowest BCUT2D eigenvalue weighted by Gasteiger charge is -2.19. The molecule has 2 fully saturated rings. The Morgan fingerprint density at radius 2 is 1.76 bits per heavy atom. The fraction of sp³-hybridized carbons (Fsp3) is 0.750. The first-order valence-electron chi connectivity index (χ1n) is 6.21. The van der Waals surface area contributed by atoms with Crippen LogP contribution >= 0.6 is 0 Å². The second kappa shape index (κ2) is 4.85. The van der Waals surface area contributed by atoms with E-state index in [1.165, 1.54) is 4.90 Å². The standard InChI is InChI=1S/C12H18N2O3/c1-13-10(15)6-7-14-11(16)8-4-2-3-5-9(8)12(14)17/h8-9H,2-7H2,1H3,(H,13,15)/t8-,9-/m1/s1. The minimum atomic E-state index is -0.138. The van der Waals surface area contributed by atoms with Crippen LogP contribution in [0.5, 0.6) is 0 Å². The summed E-state index contributed by atoms with van der Waals surface area (Å²) in [6.45, 7) is 0.227. The fourth-order valence-electron chi connectivity index (χ4n) is 2.79. The van der Waals surface area contributed by atoms with E-state index in [2.05, 4.69) is 5.32 Å². The van der Waals surface area contributed by atoms with Crippen LogP contribution in [0.1, 0.15) is 32.1 Å².